The molecule has 0 aliphatic rings. The maximum atomic E-state index is 12.4. The monoisotopic (exact) mass is 333 g/mol. The van der Waals surface area contributed by atoms with Crippen LogP contribution in [0.15, 0.2) is 60.2 Å². The van der Waals surface area contributed by atoms with Crippen LogP contribution in [-0.2, 0) is 0 Å². The van der Waals surface area contributed by atoms with Crippen LogP contribution < -0.4 is 4.74 Å². The van der Waals surface area contributed by atoms with E-state index >= 15 is 0 Å². The number of rotatable bonds is 9. The first-order valence-electron chi connectivity index (χ1n) is 8.69. The number of benzene rings is 2. The highest BCUT2D eigenvalue weighted by Crippen LogP contribution is 2.17. The van der Waals surface area contributed by atoms with Crippen LogP contribution in [0.2, 0.25) is 0 Å². The number of ether oxygens (including phenoxy) is 1. The van der Waals surface area contributed by atoms with Crippen molar-refractivity contribution < 1.29 is 9.53 Å². The van der Waals surface area contributed by atoms with Gasteiger partial charge in [-0.1, -0.05) is 68.7 Å². The van der Waals surface area contributed by atoms with Crippen molar-refractivity contribution in [2.75, 3.05) is 6.61 Å². The molecule has 2 rings (SSSR count). The molecular weight excluding hydrogens is 310 g/mol. The van der Waals surface area contributed by atoms with Crippen molar-refractivity contribution >= 4 is 11.9 Å². The van der Waals surface area contributed by atoms with Gasteiger partial charge in [-0.15, -0.1) is 0 Å². The van der Waals surface area contributed by atoms with Gasteiger partial charge < -0.3 is 4.74 Å². The number of hydrogen-bond donors (Lipinski definition) is 0. The third kappa shape index (κ3) is 5.93. The summed E-state index contributed by atoms with van der Waals surface area (Å²) in [6, 6.07) is 18.3. The summed E-state index contributed by atoms with van der Waals surface area (Å²) < 4.78 is 5.70. The van der Waals surface area contributed by atoms with E-state index in [1.54, 1.807) is 30.3 Å². The van der Waals surface area contributed by atoms with Gasteiger partial charge in [-0.2, -0.15) is 5.26 Å². The third-order valence-electron chi connectivity index (χ3n) is 3.86. The van der Waals surface area contributed by atoms with Crippen LogP contribution >= 0.6 is 0 Å². The number of allylic oxidation sites excluding steroid dienone is 1. The van der Waals surface area contributed by atoms with Gasteiger partial charge in [0.05, 0.1) is 6.61 Å². The number of carbonyl (C=O) groups is 1. The van der Waals surface area contributed by atoms with Gasteiger partial charge in [0.1, 0.15) is 17.4 Å². The van der Waals surface area contributed by atoms with Gasteiger partial charge in [0, 0.05) is 5.56 Å². The Morgan fingerprint density at radius 1 is 1.04 bits per heavy atom. The molecule has 0 unspecified atom stereocenters. The lowest BCUT2D eigenvalue weighted by Crippen LogP contribution is -2.01. The van der Waals surface area contributed by atoms with Gasteiger partial charge in [0.15, 0.2) is 0 Å². The molecule has 0 saturated heterocycles. The van der Waals surface area contributed by atoms with Crippen molar-refractivity contribution in [3.63, 3.8) is 0 Å². The number of ketones is 1. The molecule has 0 aromatic heterocycles. The topological polar surface area (TPSA) is 50.1 Å². The molecule has 3 nitrogen and oxygen atoms in total. The number of carbonyl (C=O) groups excluding carboxylic acids is 1. The molecule has 0 N–H and O–H groups in total. The molecule has 0 bridgehead atoms. The van der Waals surface area contributed by atoms with Crippen molar-refractivity contribution in [1.29, 1.82) is 5.26 Å². The lowest BCUT2D eigenvalue weighted by atomic mass is 10.0. The fourth-order valence-electron chi connectivity index (χ4n) is 2.44. The van der Waals surface area contributed by atoms with E-state index in [-0.39, 0.29) is 11.4 Å². The second kappa shape index (κ2) is 10.1. The van der Waals surface area contributed by atoms with E-state index in [9.17, 15) is 10.1 Å². The van der Waals surface area contributed by atoms with Gasteiger partial charge in [0.2, 0.25) is 5.78 Å². The van der Waals surface area contributed by atoms with E-state index in [2.05, 4.69) is 6.92 Å². The first-order valence-corrected chi connectivity index (χ1v) is 8.69. The molecule has 0 saturated carbocycles. The van der Waals surface area contributed by atoms with Gasteiger partial charge in [-0.25, -0.2) is 0 Å². The van der Waals surface area contributed by atoms with E-state index in [1.807, 2.05) is 36.4 Å². The van der Waals surface area contributed by atoms with Crippen LogP contribution in [0.1, 0.15) is 48.5 Å². The summed E-state index contributed by atoms with van der Waals surface area (Å²) in [7, 11) is 0. The molecule has 0 radical (unpaired) electrons. The predicted octanol–water partition coefficient (Wildman–Crippen LogP) is 5.44. The minimum atomic E-state index is -0.264. The minimum absolute atomic E-state index is 0.124. The molecule has 0 atom stereocenters. The van der Waals surface area contributed by atoms with Crippen LogP contribution in [0.5, 0.6) is 5.75 Å². The van der Waals surface area contributed by atoms with Gasteiger partial charge in [0.25, 0.3) is 0 Å². The average molecular weight is 333 g/mol. The molecule has 3 heteroatoms. The predicted molar refractivity (Wildman–Crippen MR) is 100 cm³/mol. The van der Waals surface area contributed by atoms with E-state index in [1.165, 1.54) is 19.3 Å². The molecule has 0 aliphatic heterocycles. The largest absolute Gasteiger partial charge is 0.494 e. The van der Waals surface area contributed by atoms with Crippen LogP contribution in [0.25, 0.3) is 6.08 Å². The second-order valence-corrected chi connectivity index (χ2v) is 5.84. The molecule has 2 aromatic rings. The zero-order valence-electron chi connectivity index (χ0n) is 14.6. The molecule has 128 valence electrons. The Kier molecular flexibility index (Phi) is 7.46. The Bertz CT molecular complexity index is 740. The standard InChI is InChI=1S/C22H23NO2/c1-2-3-4-8-15-25-21-13-11-18(12-14-21)16-20(17-23)22(24)19-9-6-5-7-10-19/h5-7,9-14,16H,2-4,8,15H2,1H3/b20-16+. The Morgan fingerprint density at radius 2 is 1.76 bits per heavy atom. The number of nitriles is 1. The normalized spacial score (nSPS) is 11.0. The molecule has 0 heterocycles. The van der Waals surface area contributed by atoms with Crippen molar-refractivity contribution in [2.24, 2.45) is 0 Å². The molecule has 0 aliphatic carbocycles. The maximum Gasteiger partial charge on any atom is 0.203 e. The van der Waals surface area contributed by atoms with Gasteiger partial charge >= 0.3 is 0 Å². The zero-order chi connectivity index (χ0) is 17.9. The highest BCUT2D eigenvalue weighted by atomic mass is 16.5. The Hall–Kier alpha value is -2.86. The summed E-state index contributed by atoms with van der Waals surface area (Å²) in [6.45, 7) is 2.90. The maximum absolute atomic E-state index is 12.4. The van der Waals surface area contributed by atoms with Crippen molar-refractivity contribution in [2.45, 2.75) is 32.6 Å². The fourth-order valence-corrected chi connectivity index (χ4v) is 2.44. The number of hydrogen-bond acceptors (Lipinski definition) is 3. The molecule has 0 fully saturated rings. The Balaban J connectivity index is 1.99. The van der Waals surface area contributed by atoms with Crippen LogP contribution in [0, 0.1) is 11.3 Å². The Labute approximate surface area is 149 Å². The summed E-state index contributed by atoms with van der Waals surface area (Å²) in [5.74, 6) is 0.542. The summed E-state index contributed by atoms with van der Waals surface area (Å²) in [4.78, 5) is 12.4. The summed E-state index contributed by atoms with van der Waals surface area (Å²) in [5.41, 5.74) is 1.45. The smallest absolute Gasteiger partial charge is 0.203 e. The first-order chi connectivity index (χ1) is 12.2. The summed E-state index contributed by atoms with van der Waals surface area (Å²) in [6.07, 6.45) is 6.30. The molecule has 25 heavy (non-hydrogen) atoms. The number of nitrogens with zero attached hydrogens (tertiary/aromatic N) is 1. The Morgan fingerprint density at radius 3 is 2.40 bits per heavy atom. The van der Waals surface area contributed by atoms with E-state index in [0.29, 0.717) is 12.2 Å². The van der Waals surface area contributed by atoms with Crippen LogP contribution in [-0.4, -0.2) is 12.4 Å². The van der Waals surface area contributed by atoms with Crippen LogP contribution in [0.4, 0.5) is 0 Å². The van der Waals surface area contributed by atoms with E-state index in [4.69, 9.17) is 4.74 Å². The zero-order valence-corrected chi connectivity index (χ0v) is 14.6. The number of unbranched alkanes of at least 4 members (excludes halogenated alkanes) is 3. The molecule has 0 spiro atoms. The van der Waals surface area contributed by atoms with Crippen molar-refractivity contribution in [3.8, 4) is 11.8 Å². The van der Waals surface area contributed by atoms with E-state index < -0.39 is 0 Å². The first kappa shape index (κ1) is 18.5. The molecular formula is C22H23NO2. The van der Waals surface area contributed by atoms with Crippen molar-refractivity contribution in [3.05, 3.63) is 71.3 Å². The summed E-state index contributed by atoms with van der Waals surface area (Å²) in [5, 5.41) is 9.30. The second-order valence-electron chi connectivity index (χ2n) is 5.84. The van der Waals surface area contributed by atoms with Crippen LogP contribution in [0.3, 0.4) is 0 Å². The average Bonchev–Trinajstić information content (AvgIpc) is 2.67. The quantitative estimate of drug-likeness (QED) is 0.266. The highest BCUT2D eigenvalue weighted by Gasteiger charge is 2.11. The number of Topliss-reactive ketones (excluding diaryl/α,β-unsaturated/α-hetero) is 1. The molecule has 2 aromatic carbocycles. The minimum Gasteiger partial charge on any atom is -0.494 e. The van der Waals surface area contributed by atoms with Gasteiger partial charge in [-0.05, 0) is 30.2 Å². The third-order valence-corrected chi connectivity index (χ3v) is 3.86. The SMILES string of the molecule is CCCCCCOc1ccc(/C=C(\C#N)C(=O)c2ccccc2)cc1. The lowest BCUT2D eigenvalue weighted by molar-refractivity contribution is 0.104. The summed E-state index contributed by atoms with van der Waals surface area (Å²) >= 11 is 0. The van der Waals surface area contributed by atoms with Gasteiger partial charge in [-0.3, -0.25) is 4.79 Å². The van der Waals surface area contributed by atoms with Crippen molar-refractivity contribution in [1.82, 2.24) is 0 Å². The lowest BCUT2D eigenvalue weighted by Gasteiger charge is -2.06. The highest BCUT2D eigenvalue weighted by molar-refractivity contribution is 6.14. The van der Waals surface area contributed by atoms with E-state index in [0.717, 1.165) is 17.7 Å². The molecule has 0 amide bonds. The fraction of sp³-hybridized carbons (Fsp3) is 0.273.